The van der Waals surface area contributed by atoms with Crippen molar-refractivity contribution in [2.24, 2.45) is 0 Å². The van der Waals surface area contributed by atoms with E-state index in [-0.39, 0.29) is 11.8 Å². The molecule has 1 heterocycles. The molecule has 0 spiro atoms. The number of hydrogen-bond donors (Lipinski definition) is 2. The Morgan fingerprint density at radius 1 is 1.26 bits per heavy atom. The third-order valence-corrected chi connectivity index (χ3v) is 3.12. The molecule has 0 saturated heterocycles. The van der Waals surface area contributed by atoms with Crippen molar-refractivity contribution in [3.05, 3.63) is 40.9 Å². The molecule has 2 aromatic rings. The SMILES string of the molecule is CC(=O)Nc1cccc(C(=O)Nc2ncc(C)s2)c1. The second-order valence-electron chi connectivity index (χ2n) is 3.99. The molecule has 0 bridgehead atoms. The lowest BCUT2D eigenvalue weighted by Gasteiger charge is -2.05. The topological polar surface area (TPSA) is 71.1 Å². The van der Waals surface area contributed by atoms with E-state index in [0.717, 1.165) is 4.88 Å². The van der Waals surface area contributed by atoms with Gasteiger partial charge in [-0.1, -0.05) is 6.07 Å². The van der Waals surface area contributed by atoms with Gasteiger partial charge in [-0.2, -0.15) is 0 Å². The molecule has 1 aromatic heterocycles. The zero-order valence-corrected chi connectivity index (χ0v) is 11.4. The maximum Gasteiger partial charge on any atom is 0.257 e. The molecule has 0 fully saturated rings. The summed E-state index contributed by atoms with van der Waals surface area (Å²) in [5.74, 6) is -0.422. The van der Waals surface area contributed by atoms with Crippen molar-refractivity contribution >= 4 is 34.0 Å². The quantitative estimate of drug-likeness (QED) is 0.904. The number of carbonyl (C=O) groups excluding carboxylic acids is 2. The Bertz CT molecular complexity index is 622. The molecule has 5 nitrogen and oxygen atoms in total. The van der Waals surface area contributed by atoms with E-state index in [1.807, 2.05) is 6.92 Å². The summed E-state index contributed by atoms with van der Waals surface area (Å²) in [4.78, 5) is 28.1. The first-order chi connectivity index (χ1) is 9.04. The molecule has 0 unspecified atom stereocenters. The maximum absolute atomic E-state index is 12.0. The molecular weight excluding hydrogens is 262 g/mol. The van der Waals surface area contributed by atoms with Crippen molar-refractivity contribution in [1.29, 1.82) is 0 Å². The van der Waals surface area contributed by atoms with E-state index in [1.54, 1.807) is 30.5 Å². The van der Waals surface area contributed by atoms with Gasteiger partial charge in [0, 0.05) is 29.2 Å². The van der Waals surface area contributed by atoms with Gasteiger partial charge in [-0.15, -0.1) is 11.3 Å². The minimum Gasteiger partial charge on any atom is -0.326 e. The molecular formula is C13H13N3O2S. The van der Waals surface area contributed by atoms with Crippen LogP contribution in [0.4, 0.5) is 10.8 Å². The molecule has 0 radical (unpaired) electrons. The molecule has 6 heteroatoms. The van der Waals surface area contributed by atoms with Gasteiger partial charge in [0.2, 0.25) is 5.91 Å². The number of amides is 2. The minimum absolute atomic E-state index is 0.173. The highest BCUT2D eigenvalue weighted by atomic mass is 32.1. The van der Waals surface area contributed by atoms with E-state index in [0.29, 0.717) is 16.4 Å². The van der Waals surface area contributed by atoms with Crippen LogP contribution in [0.1, 0.15) is 22.2 Å². The molecule has 0 saturated carbocycles. The van der Waals surface area contributed by atoms with E-state index >= 15 is 0 Å². The third kappa shape index (κ3) is 3.62. The Morgan fingerprint density at radius 3 is 2.68 bits per heavy atom. The average molecular weight is 275 g/mol. The molecule has 0 aliphatic carbocycles. The zero-order chi connectivity index (χ0) is 13.8. The largest absolute Gasteiger partial charge is 0.326 e. The molecule has 1 aromatic carbocycles. The number of benzene rings is 1. The van der Waals surface area contributed by atoms with Gasteiger partial charge < -0.3 is 5.32 Å². The summed E-state index contributed by atoms with van der Waals surface area (Å²) in [5, 5.41) is 5.91. The smallest absolute Gasteiger partial charge is 0.257 e. The monoisotopic (exact) mass is 275 g/mol. The molecule has 0 aliphatic rings. The fourth-order valence-electron chi connectivity index (χ4n) is 1.52. The fraction of sp³-hybridized carbons (Fsp3) is 0.154. The summed E-state index contributed by atoms with van der Waals surface area (Å²) < 4.78 is 0. The normalized spacial score (nSPS) is 10.0. The molecule has 2 N–H and O–H groups in total. The Hall–Kier alpha value is -2.21. The number of aromatic nitrogens is 1. The van der Waals surface area contributed by atoms with Crippen LogP contribution in [0.15, 0.2) is 30.5 Å². The molecule has 0 atom stereocenters. The second-order valence-corrected chi connectivity index (χ2v) is 5.23. The number of anilines is 2. The van der Waals surface area contributed by atoms with Crippen LogP contribution in [-0.4, -0.2) is 16.8 Å². The van der Waals surface area contributed by atoms with Gasteiger partial charge in [0.25, 0.3) is 5.91 Å². The lowest BCUT2D eigenvalue weighted by molar-refractivity contribution is -0.114. The number of hydrogen-bond acceptors (Lipinski definition) is 4. The number of nitrogens with one attached hydrogen (secondary N) is 2. The third-order valence-electron chi connectivity index (χ3n) is 2.29. The van der Waals surface area contributed by atoms with Crippen molar-refractivity contribution in [2.45, 2.75) is 13.8 Å². The lowest BCUT2D eigenvalue weighted by Crippen LogP contribution is -2.12. The Kier molecular flexibility index (Phi) is 3.91. The molecule has 0 aliphatic heterocycles. The standard InChI is InChI=1S/C13H13N3O2S/c1-8-7-14-13(19-8)16-12(18)10-4-3-5-11(6-10)15-9(2)17/h3-7H,1-2H3,(H,15,17)(H,14,16,18). The van der Waals surface area contributed by atoms with Crippen molar-refractivity contribution in [1.82, 2.24) is 4.98 Å². The first kappa shape index (κ1) is 13.2. The molecule has 19 heavy (non-hydrogen) atoms. The van der Waals surface area contributed by atoms with E-state index in [9.17, 15) is 9.59 Å². The highest BCUT2D eigenvalue weighted by Crippen LogP contribution is 2.18. The fourth-order valence-corrected chi connectivity index (χ4v) is 2.18. The zero-order valence-electron chi connectivity index (χ0n) is 10.6. The van der Waals surface area contributed by atoms with Crippen molar-refractivity contribution in [3.63, 3.8) is 0 Å². The first-order valence-corrected chi connectivity index (χ1v) is 6.47. The Balaban J connectivity index is 2.12. The van der Waals surface area contributed by atoms with E-state index in [4.69, 9.17) is 0 Å². The van der Waals surface area contributed by atoms with Gasteiger partial charge in [-0.25, -0.2) is 4.98 Å². The number of rotatable bonds is 3. The summed E-state index contributed by atoms with van der Waals surface area (Å²) in [6.07, 6.45) is 1.70. The van der Waals surface area contributed by atoms with Gasteiger partial charge in [0.05, 0.1) is 0 Å². The van der Waals surface area contributed by atoms with Crippen LogP contribution in [0.5, 0.6) is 0 Å². The Morgan fingerprint density at radius 2 is 2.05 bits per heavy atom. The van der Waals surface area contributed by atoms with Crippen LogP contribution >= 0.6 is 11.3 Å². The summed E-state index contributed by atoms with van der Waals surface area (Å²) in [6, 6.07) is 6.75. The van der Waals surface area contributed by atoms with Crippen molar-refractivity contribution in [2.75, 3.05) is 10.6 Å². The van der Waals surface area contributed by atoms with Gasteiger partial charge in [0.15, 0.2) is 5.13 Å². The predicted octanol–water partition coefficient (Wildman–Crippen LogP) is 2.66. The van der Waals surface area contributed by atoms with Gasteiger partial charge >= 0.3 is 0 Å². The van der Waals surface area contributed by atoms with E-state index < -0.39 is 0 Å². The van der Waals surface area contributed by atoms with Crippen molar-refractivity contribution < 1.29 is 9.59 Å². The second kappa shape index (κ2) is 5.62. The summed E-state index contributed by atoms with van der Waals surface area (Å²) in [5.41, 5.74) is 1.06. The van der Waals surface area contributed by atoms with Crippen LogP contribution in [-0.2, 0) is 4.79 Å². The van der Waals surface area contributed by atoms with Crippen LogP contribution in [0.25, 0.3) is 0 Å². The van der Waals surface area contributed by atoms with Crippen LogP contribution in [0.2, 0.25) is 0 Å². The summed E-state index contributed by atoms with van der Waals surface area (Å²) in [7, 11) is 0. The number of nitrogens with zero attached hydrogens (tertiary/aromatic N) is 1. The Labute approximate surface area is 114 Å². The lowest BCUT2D eigenvalue weighted by atomic mass is 10.2. The van der Waals surface area contributed by atoms with E-state index in [2.05, 4.69) is 15.6 Å². The van der Waals surface area contributed by atoms with Crippen LogP contribution < -0.4 is 10.6 Å². The van der Waals surface area contributed by atoms with E-state index in [1.165, 1.54) is 18.3 Å². The highest BCUT2D eigenvalue weighted by molar-refractivity contribution is 7.15. The van der Waals surface area contributed by atoms with Crippen molar-refractivity contribution in [3.8, 4) is 0 Å². The minimum atomic E-state index is -0.249. The summed E-state index contributed by atoms with van der Waals surface area (Å²) >= 11 is 1.41. The summed E-state index contributed by atoms with van der Waals surface area (Å²) in [6.45, 7) is 3.34. The van der Waals surface area contributed by atoms with Crippen LogP contribution in [0.3, 0.4) is 0 Å². The van der Waals surface area contributed by atoms with Gasteiger partial charge in [0.1, 0.15) is 0 Å². The number of aryl methyl sites for hydroxylation is 1. The number of thiazole rings is 1. The predicted molar refractivity (Wildman–Crippen MR) is 75.5 cm³/mol. The molecule has 98 valence electrons. The van der Waals surface area contributed by atoms with Gasteiger partial charge in [-0.05, 0) is 25.1 Å². The molecule has 2 rings (SSSR count). The highest BCUT2D eigenvalue weighted by Gasteiger charge is 2.09. The molecule has 2 amide bonds. The van der Waals surface area contributed by atoms with Gasteiger partial charge in [-0.3, -0.25) is 14.9 Å². The average Bonchev–Trinajstić information content (AvgIpc) is 2.74. The number of carbonyl (C=O) groups is 2. The van der Waals surface area contributed by atoms with Crippen LogP contribution in [0, 0.1) is 6.92 Å². The first-order valence-electron chi connectivity index (χ1n) is 5.66. The maximum atomic E-state index is 12.0.